The van der Waals surface area contributed by atoms with Crippen LogP contribution in [0.25, 0.3) is 0 Å². The molecule has 2 atom stereocenters. The summed E-state index contributed by atoms with van der Waals surface area (Å²) in [5.74, 6) is 0. The molecule has 2 rings (SSSR count). The quantitative estimate of drug-likeness (QED) is 0.884. The van der Waals surface area contributed by atoms with E-state index in [0.717, 1.165) is 31.5 Å². The monoisotopic (exact) mass is 272 g/mol. The third-order valence-corrected chi connectivity index (χ3v) is 4.16. The summed E-state index contributed by atoms with van der Waals surface area (Å²) in [6.07, 6.45) is 2.64. The average molecular weight is 272 g/mol. The molecular formula is C17H24N2O. The Labute approximate surface area is 121 Å². The predicted molar refractivity (Wildman–Crippen MR) is 81.4 cm³/mol. The van der Waals surface area contributed by atoms with Crippen LogP contribution in [0.2, 0.25) is 0 Å². The summed E-state index contributed by atoms with van der Waals surface area (Å²) in [5.41, 5.74) is 2.01. The molecule has 0 bridgehead atoms. The van der Waals surface area contributed by atoms with Crippen LogP contribution in [0.1, 0.15) is 45.6 Å². The molecule has 3 nitrogen and oxygen atoms in total. The number of hydrogen-bond donors (Lipinski definition) is 2. The van der Waals surface area contributed by atoms with Gasteiger partial charge in [-0.3, -0.25) is 0 Å². The highest BCUT2D eigenvalue weighted by Crippen LogP contribution is 2.46. The molecule has 1 aromatic carbocycles. The number of aliphatic hydroxyl groups is 1. The first-order valence-electron chi connectivity index (χ1n) is 7.24. The van der Waals surface area contributed by atoms with Crippen LogP contribution >= 0.6 is 0 Å². The number of nitrogens with one attached hydrogen (secondary N) is 1. The third kappa shape index (κ3) is 3.74. The Hall–Kier alpha value is -1.53. The minimum atomic E-state index is -0.202. The van der Waals surface area contributed by atoms with Gasteiger partial charge in [0.2, 0.25) is 0 Å². The van der Waals surface area contributed by atoms with E-state index in [1.165, 1.54) is 0 Å². The Morgan fingerprint density at radius 3 is 2.45 bits per heavy atom. The van der Waals surface area contributed by atoms with Gasteiger partial charge in [0.05, 0.1) is 17.7 Å². The third-order valence-electron chi connectivity index (χ3n) is 4.16. The van der Waals surface area contributed by atoms with Gasteiger partial charge in [-0.05, 0) is 54.4 Å². The van der Waals surface area contributed by atoms with Crippen molar-refractivity contribution in [3.8, 4) is 6.07 Å². The fourth-order valence-electron chi connectivity index (χ4n) is 3.69. The van der Waals surface area contributed by atoms with E-state index in [4.69, 9.17) is 5.26 Å². The van der Waals surface area contributed by atoms with Crippen molar-refractivity contribution in [2.24, 2.45) is 10.8 Å². The summed E-state index contributed by atoms with van der Waals surface area (Å²) in [7, 11) is 0. The van der Waals surface area contributed by atoms with Gasteiger partial charge < -0.3 is 10.4 Å². The van der Waals surface area contributed by atoms with Gasteiger partial charge in [-0.15, -0.1) is 0 Å². The molecule has 1 fully saturated rings. The molecule has 0 amide bonds. The van der Waals surface area contributed by atoms with Gasteiger partial charge in [0.1, 0.15) is 0 Å². The molecule has 0 radical (unpaired) electrons. The Kier molecular flexibility index (Phi) is 4.06. The van der Waals surface area contributed by atoms with Crippen LogP contribution in [-0.4, -0.2) is 17.8 Å². The summed E-state index contributed by atoms with van der Waals surface area (Å²) in [4.78, 5) is 0. The normalized spacial score (nSPS) is 28.6. The molecule has 1 saturated carbocycles. The molecular weight excluding hydrogens is 248 g/mol. The minimum absolute atomic E-state index is 0.106. The second kappa shape index (κ2) is 5.46. The number of aliphatic hydroxyl groups excluding tert-OH is 1. The van der Waals surface area contributed by atoms with Crippen molar-refractivity contribution in [1.29, 1.82) is 5.26 Å². The molecule has 1 aliphatic carbocycles. The molecule has 2 N–H and O–H groups in total. The van der Waals surface area contributed by atoms with E-state index in [2.05, 4.69) is 32.2 Å². The molecule has 0 spiro atoms. The van der Waals surface area contributed by atoms with E-state index in [1.54, 1.807) is 0 Å². The molecule has 0 aliphatic heterocycles. The van der Waals surface area contributed by atoms with Gasteiger partial charge in [-0.2, -0.15) is 5.26 Å². The second-order valence-electron chi connectivity index (χ2n) is 7.26. The number of anilines is 1. The molecule has 1 aliphatic rings. The van der Waals surface area contributed by atoms with Crippen LogP contribution < -0.4 is 5.32 Å². The zero-order chi connectivity index (χ0) is 14.8. The molecule has 0 aromatic heterocycles. The summed E-state index contributed by atoms with van der Waals surface area (Å²) < 4.78 is 0. The first kappa shape index (κ1) is 14.9. The Morgan fingerprint density at radius 1 is 1.25 bits per heavy atom. The van der Waals surface area contributed by atoms with E-state index in [9.17, 15) is 5.11 Å². The van der Waals surface area contributed by atoms with Gasteiger partial charge >= 0.3 is 0 Å². The topological polar surface area (TPSA) is 56.0 Å². The number of benzene rings is 1. The summed E-state index contributed by atoms with van der Waals surface area (Å²) in [5, 5.41) is 22.3. The summed E-state index contributed by atoms with van der Waals surface area (Å²) >= 11 is 0. The zero-order valence-electron chi connectivity index (χ0n) is 12.6. The largest absolute Gasteiger partial charge is 0.393 e. The summed E-state index contributed by atoms with van der Waals surface area (Å²) in [6.45, 7) is 7.55. The van der Waals surface area contributed by atoms with Crippen molar-refractivity contribution in [1.82, 2.24) is 0 Å². The van der Waals surface area contributed by atoms with Crippen LogP contribution in [0.5, 0.6) is 0 Å². The maximum Gasteiger partial charge on any atom is 0.0991 e. The highest BCUT2D eigenvalue weighted by atomic mass is 16.3. The lowest BCUT2D eigenvalue weighted by Gasteiger charge is -2.45. The van der Waals surface area contributed by atoms with Crippen molar-refractivity contribution in [2.75, 3.05) is 11.9 Å². The lowest BCUT2D eigenvalue weighted by atomic mass is 9.63. The Morgan fingerprint density at radius 2 is 1.90 bits per heavy atom. The number of nitrogens with zero attached hydrogens (tertiary/aromatic N) is 1. The van der Waals surface area contributed by atoms with Crippen molar-refractivity contribution < 1.29 is 5.11 Å². The SMILES string of the molecule is CC1(C)CC(O)CC(C)(CNc2ccc(C#N)cc2)C1. The Bertz CT molecular complexity index is 501. The lowest BCUT2D eigenvalue weighted by molar-refractivity contribution is -0.00317. The molecule has 2 unspecified atom stereocenters. The Balaban J connectivity index is 1.99. The van der Waals surface area contributed by atoms with Crippen LogP contribution in [0, 0.1) is 22.2 Å². The molecule has 3 heteroatoms. The fraction of sp³-hybridized carbons (Fsp3) is 0.588. The highest BCUT2D eigenvalue weighted by Gasteiger charge is 2.40. The van der Waals surface area contributed by atoms with Crippen LogP contribution in [-0.2, 0) is 0 Å². The predicted octanol–water partition coefficient (Wildman–Crippen LogP) is 3.55. The molecule has 108 valence electrons. The van der Waals surface area contributed by atoms with Crippen molar-refractivity contribution in [2.45, 2.75) is 46.1 Å². The van der Waals surface area contributed by atoms with Crippen LogP contribution in [0.15, 0.2) is 24.3 Å². The molecule has 20 heavy (non-hydrogen) atoms. The maximum absolute atomic E-state index is 10.1. The van der Waals surface area contributed by atoms with E-state index in [0.29, 0.717) is 5.56 Å². The highest BCUT2D eigenvalue weighted by molar-refractivity contribution is 5.47. The number of hydrogen-bond acceptors (Lipinski definition) is 3. The first-order valence-corrected chi connectivity index (χ1v) is 7.24. The van der Waals surface area contributed by atoms with Gasteiger partial charge in [0.25, 0.3) is 0 Å². The molecule has 0 saturated heterocycles. The van der Waals surface area contributed by atoms with Crippen LogP contribution in [0.3, 0.4) is 0 Å². The van der Waals surface area contributed by atoms with E-state index >= 15 is 0 Å². The first-order chi connectivity index (χ1) is 9.32. The minimum Gasteiger partial charge on any atom is -0.393 e. The summed E-state index contributed by atoms with van der Waals surface area (Å²) in [6, 6.07) is 9.64. The van der Waals surface area contributed by atoms with Crippen molar-refractivity contribution >= 4 is 5.69 Å². The lowest BCUT2D eigenvalue weighted by Crippen LogP contribution is -2.42. The van der Waals surface area contributed by atoms with Gasteiger partial charge in [-0.1, -0.05) is 20.8 Å². The van der Waals surface area contributed by atoms with Crippen molar-refractivity contribution in [3.63, 3.8) is 0 Å². The molecule has 1 aromatic rings. The maximum atomic E-state index is 10.1. The van der Waals surface area contributed by atoms with E-state index < -0.39 is 0 Å². The average Bonchev–Trinajstić information content (AvgIpc) is 2.34. The van der Waals surface area contributed by atoms with Gasteiger partial charge in [0, 0.05) is 12.2 Å². The van der Waals surface area contributed by atoms with E-state index in [1.807, 2.05) is 24.3 Å². The second-order valence-corrected chi connectivity index (χ2v) is 7.26. The van der Waals surface area contributed by atoms with Gasteiger partial charge in [0.15, 0.2) is 0 Å². The fourth-order valence-corrected chi connectivity index (χ4v) is 3.69. The van der Waals surface area contributed by atoms with Crippen molar-refractivity contribution in [3.05, 3.63) is 29.8 Å². The van der Waals surface area contributed by atoms with Crippen LogP contribution in [0.4, 0.5) is 5.69 Å². The smallest absolute Gasteiger partial charge is 0.0991 e. The number of rotatable bonds is 3. The zero-order valence-corrected chi connectivity index (χ0v) is 12.6. The number of nitriles is 1. The van der Waals surface area contributed by atoms with E-state index in [-0.39, 0.29) is 16.9 Å². The standard InChI is InChI=1S/C17H24N2O/c1-16(2)8-15(20)9-17(3,11-16)12-19-14-6-4-13(10-18)5-7-14/h4-7,15,19-20H,8-9,11-12H2,1-3H3. The van der Waals surface area contributed by atoms with Gasteiger partial charge in [-0.25, -0.2) is 0 Å². The molecule has 0 heterocycles.